The molecule has 0 aromatic heterocycles. The standard InChI is InChI=1S/C9H16INO4S/c10-2-1-9(12)15-6-3-11-4-7-16(13,14)8-5-11/h1-8H2/p+1. The summed E-state index contributed by atoms with van der Waals surface area (Å²) in [6.07, 6.45) is 0.449. The van der Waals surface area contributed by atoms with Crippen molar-refractivity contribution in [1.29, 1.82) is 0 Å². The van der Waals surface area contributed by atoms with Gasteiger partial charge in [-0.05, 0) is 0 Å². The molecule has 7 heteroatoms. The molecule has 0 aromatic rings. The monoisotopic (exact) mass is 362 g/mol. The molecule has 0 aliphatic carbocycles. The fourth-order valence-corrected chi connectivity index (χ4v) is 3.38. The van der Waals surface area contributed by atoms with E-state index in [0.717, 1.165) is 4.43 Å². The van der Waals surface area contributed by atoms with Gasteiger partial charge in [-0.25, -0.2) is 8.42 Å². The van der Waals surface area contributed by atoms with Crippen molar-refractivity contribution in [3.05, 3.63) is 0 Å². The van der Waals surface area contributed by atoms with Gasteiger partial charge in [0.15, 0.2) is 9.84 Å². The third-order valence-electron chi connectivity index (χ3n) is 2.55. The highest BCUT2D eigenvalue weighted by molar-refractivity contribution is 14.1. The SMILES string of the molecule is O=C(CCI)OCC[NH+]1CCS(=O)(=O)CC1. The van der Waals surface area contributed by atoms with Gasteiger partial charge in [0.2, 0.25) is 0 Å². The van der Waals surface area contributed by atoms with Crippen LogP contribution >= 0.6 is 22.6 Å². The van der Waals surface area contributed by atoms with Gasteiger partial charge in [-0.3, -0.25) is 4.79 Å². The van der Waals surface area contributed by atoms with E-state index in [4.69, 9.17) is 4.74 Å². The zero-order valence-electron chi connectivity index (χ0n) is 9.08. The molecule has 1 N–H and O–H groups in total. The van der Waals surface area contributed by atoms with Crippen LogP contribution in [0.2, 0.25) is 0 Å². The Morgan fingerprint density at radius 3 is 2.50 bits per heavy atom. The van der Waals surface area contributed by atoms with Gasteiger partial charge < -0.3 is 9.64 Å². The third kappa shape index (κ3) is 5.44. The molecule has 0 saturated carbocycles. The lowest BCUT2D eigenvalue weighted by Gasteiger charge is -2.23. The largest absolute Gasteiger partial charge is 0.460 e. The van der Waals surface area contributed by atoms with Crippen molar-refractivity contribution in [2.24, 2.45) is 0 Å². The number of alkyl halides is 1. The van der Waals surface area contributed by atoms with Gasteiger partial charge in [0.1, 0.15) is 13.2 Å². The van der Waals surface area contributed by atoms with Crippen molar-refractivity contribution in [3.8, 4) is 0 Å². The molecule has 1 heterocycles. The fourth-order valence-electron chi connectivity index (χ4n) is 1.54. The molecule has 0 bridgehead atoms. The third-order valence-corrected chi connectivity index (χ3v) is 4.74. The molecular formula is C9H17INO4S+. The Morgan fingerprint density at radius 1 is 1.31 bits per heavy atom. The van der Waals surface area contributed by atoms with Gasteiger partial charge in [0, 0.05) is 4.43 Å². The molecule has 0 aromatic carbocycles. The molecule has 16 heavy (non-hydrogen) atoms. The first-order valence-corrected chi connectivity index (χ1v) is 8.64. The van der Waals surface area contributed by atoms with Gasteiger partial charge in [0.25, 0.3) is 0 Å². The number of ether oxygens (including phenoxy) is 1. The molecule has 0 radical (unpaired) electrons. The van der Waals surface area contributed by atoms with Crippen LogP contribution in [0.1, 0.15) is 6.42 Å². The van der Waals surface area contributed by atoms with E-state index in [1.54, 1.807) is 0 Å². The maximum atomic E-state index is 11.2. The Labute approximate surface area is 110 Å². The van der Waals surface area contributed by atoms with Crippen LogP contribution in [0.5, 0.6) is 0 Å². The summed E-state index contributed by atoms with van der Waals surface area (Å²) in [7, 11) is -2.80. The van der Waals surface area contributed by atoms with Crippen LogP contribution in [0.4, 0.5) is 0 Å². The van der Waals surface area contributed by atoms with E-state index >= 15 is 0 Å². The average Bonchev–Trinajstić information content (AvgIpc) is 2.21. The average molecular weight is 362 g/mol. The lowest BCUT2D eigenvalue weighted by molar-refractivity contribution is -0.896. The van der Waals surface area contributed by atoms with Crippen LogP contribution in [0.15, 0.2) is 0 Å². The van der Waals surface area contributed by atoms with Crippen molar-refractivity contribution < 1.29 is 22.8 Å². The van der Waals surface area contributed by atoms with Gasteiger partial charge in [-0.15, -0.1) is 0 Å². The molecule has 0 unspecified atom stereocenters. The Kier molecular flexibility index (Phi) is 5.98. The first-order chi connectivity index (χ1) is 7.53. The molecular weight excluding hydrogens is 345 g/mol. The number of rotatable bonds is 5. The van der Waals surface area contributed by atoms with Crippen molar-refractivity contribution in [3.63, 3.8) is 0 Å². The first-order valence-electron chi connectivity index (χ1n) is 5.29. The lowest BCUT2D eigenvalue weighted by Crippen LogP contribution is -3.14. The highest BCUT2D eigenvalue weighted by atomic mass is 127. The van der Waals surface area contributed by atoms with Gasteiger partial charge >= 0.3 is 5.97 Å². The summed E-state index contributed by atoms with van der Waals surface area (Å²) in [6, 6.07) is 0. The summed E-state index contributed by atoms with van der Waals surface area (Å²) in [5, 5.41) is 0. The summed E-state index contributed by atoms with van der Waals surface area (Å²) in [5.74, 6) is 0.340. The van der Waals surface area contributed by atoms with E-state index < -0.39 is 9.84 Å². The zero-order chi connectivity index (χ0) is 12.0. The van der Waals surface area contributed by atoms with Crippen LogP contribution in [0.3, 0.4) is 0 Å². The van der Waals surface area contributed by atoms with Gasteiger partial charge in [0.05, 0.1) is 31.0 Å². The Bertz CT molecular complexity index is 316. The lowest BCUT2D eigenvalue weighted by atomic mass is 10.4. The molecule has 94 valence electrons. The van der Waals surface area contributed by atoms with Gasteiger partial charge in [-0.2, -0.15) is 0 Å². The normalized spacial score (nSPS) is 20.6. The van der Waals surface area contributed by atoms with E-state index in [1.807, 2.05) is 0 Å². The number of nitrogens with one attached hydrogen (secondary N) is 1. The molecule has 0 spiro atoms. The molecule has 0 atom stereocenters. The second-order valence-electron chi connectivity index (χ2n) is 3.81. The van der Waals surface area contributed by atoms with Crippen molar-refractivity contribution in [2.75, 3.05) is 42.2 Å². The topological polar surface area (TPSA) is 64.9 Å². The fraction of sp³-hybridized carbons (Fsp3) is 0.889. The maximum absolute atomic E-state index is 11.2. The van der Waals surface area contributed by atoms with Crippen LogP contribution in [0.25, 0.3) is 0 Å². The molecule has 0 amide bonds. The van der Waals surface area contributed by atoms with Crippen LogP contribution < -0.4 is 4.90 Å². The smallest absolute Gasteiger partial charge is 0.306 e. The quantitative estimate of drug-likeness (QED) is 0.374. The Hall–Kier alpha value is 0.110. The predicted octanol–water partition coefficient (Wildman–Crippen LogP) is -1.33. The Balaban J connectivity index is 2.13. The minimum Gasteiger partial charge on any atom is -0.460 e. The molecule has 1 aliphatic rings. The second-order valence-corrected chi connectivity index (χ2v) is 7.19. The number of sulfone groups is 1. The Morgan fingerprint density at radius 2 is 1.94 bits per heavy atom. The summed E-state index contributed by atoms with van der Waals surface area (Å²) in [5.41, 5.74) is 0. The number of carbonyl (C=O) groups is 1. The summed E-state index contributed by atoms with van der Waals surface area (Å²) < 4.78 is 28.1. The predicted molar refractivity (Wildman–Crippen MR) is 68.7 cm³/mol. The number of hydrogen-bond donors (Lipinski definition) is 1. The molecule has 1 rings (SSSR count). The molecule has 5 nitrogen and oxygen atoms in total. The van der Waals surface area contributed by atoms with Crippen LogP contribution in [0, 0.1) is 0 Å². The van der Waals surface area contributed by atoms with E-state index in [0.29, 0.717) is 32.7 Å². The van der Waals surface area contributed by atoms with Crippen LogP contribution in [-0.2, 0) is 19.4 Å². The van der Waals surface area contributed by atoms with E-state index in [-0.39, 0.29) is 17.5 Å². The highest BCUT2D eigenvalue weighted by Gasteiger charge is 2.24. The number of halogens is 1. The molecule has 1 saturated heterocycles. The van der Waals surface area contributed by atoms with Crippen molar-refractivity contribution in [1.82, 2.24) is 0 Å². The highest BCUT2D eigenvalue weighted by Crippen LogP contribution is 1.92. The molecule has 1 aliphatic heterocycles. The van der Waals surface area contributed by atoms with Crippen molar-refractivity contribution in [2.45, 2.75) is 6.42 Å². The van der Waals surface area contributed by atoms with E-state index in [1.165, 1.54) is 4.90 Å². The maximum Gasteiger partial charge on any atom is 0.306 e. The number of hydrogen-bond acceptors (Lipinski definition) is 4. The zero-order valence-corrected chi connectivity index (χ0v) is 12.1. The van der Waals surface area contributed by atoms with Crippen molar-refractivity contribution >= 4 is 38.4 Å². The number of quaternary nitrogens is 1. The molecule has 1 fully saturated rings. The summed E-state index contributed by atoms with van der Waals surface area (Å²) >= 11 is 2.13. The minimum absolute atomic E-state index is 0.168. The first kappa shape index (κ1) is 14.2. The van der Waals surface area contributed by atoms with Crippen LogP contribution in [-0.4, -0.2) is 56.6 Å². The summed E-state index contributed by atoms with van der Waals surface area (Å²) in [4.78, 5) is 12.3. The second kappa shape index (κ2) is 6.75. The van der Waals surface area contributed by atoms with Gasteiger partial charge in [-0.1, -0.05) is 22.6 Å². The number of carbonyl (C=O) groups excluding carboxylic acids is 1. The van der Waals surface area contributed by atoms with E-state index in [2.05, 4.69) is 22.6 Å². The summed E-state index contributed by atoms with van der Waals surface area (Å²) in [6.45, 7) is 2.37. The minimum atomic E-state index is -2.80. The number of esters is 1. The van der Waals surface area contributed by atoms with E-state index in [9.17, 15) is 13.2 Å².